The zero-order chi connectivity index (χ0) is 16.5. The van der Waals surface area contributed by atoms with Crippen LogP contribution in [0.1, 0.15) is 25.7 Å². The van der Waals surface area contributed by atoms with E-state index in [-0.39, 0.29) is 11.9 Å². The molecule has 0 aromatic rings. The summed E-state index contributed by atoms with van der Waals surface area (Å²) in [5, 5.41) is 2.90. The molecule has 2 fully saturated rings. The molecular weight excluding hydrogens is 296 g/mol. The van der Waals surface area contributed by atoms with Crippen molar-refractivity contribution in [2.24, 2.45) is 0 Å². The van der Waals surface area contributed by atoms with E-state index in [9.17, 15) is 9.59 Å². The van der Waals surface area contributed by atoms with Gasteiger partial charge in [-0.15, -0.1) is 0 Å². The number of likely N-dealkylation sites (tertiary alicyclic amines) is 1. The molecule has 0 bridgehead atoms. The molecule has 132 valence electrons. The Hall–Kier alpha value is -1.34. The second-order valence-corrected chi connectivity index (χ2v) is 6.29. The molecule has 23 heavy (non-hydrogen) atoms. The topological polar surface area (TPSA) is 65.1 Å². The van der Waals surface area contributed by atoms with Crippen molar-refractivity contribution in [1.82, 2.24) is 20.0 Å². The molecule has 0 atom stereocenters. The van der Waals surface area contributed by atoms with Gasteiger partial charge >= 0.3 is 6.03 Å². The summed E-state index contributed by atoms with van der Waals surface area (Å²) in [4.78, 5) is 30.3. The van der Waals surface area contributed by atoms with E-state index in [1.807, 2.05) is 9.80 Å². The van der Waals surface area contributed by atoms with Gasteiger partial charge in [-0.1, -0.05) is 0 Å². The first kappa shape index (κ1) is 18.0. The smallest absolute Gasteiger partial charge is 0.320 e. The minimum Gasteiger partial charge on any atom is -0.385 e. The number of methoxy groups -OCH3 is 1. The Kier molecular flexibility index (Phi) is 7.61. The monoisotopic (exact) mass is 326 g/mol. The molecule has 0 saturated carbocycles. The molecule has 1 N–H and O–H groups in total. The predicted octanol–water partition coefficient (Wildman–Crippen LogP) is 0.363. The highest BCUT2D eigenvalue weighted by Crippen LogP contribution is 2.12. The van der Waals surface area contributed by atoms with E-state index >= 15 is 0 Å². The molecule has 2 aliphatic heterocycles. The quantitative estimate of drug-likeness (QED) is 0.716. The second kappa shape index (κ2) is 9.72. The van der Waals surface area contributed by atoms with Crippen molar-refractivity contribution in [3.8, 4) is 0 Å². The minimum atomic E-state index is 0.0527. The van der Waals surface area contributed by atoms with E-state index in [4.69, 9.17) is 4.74 Å². The summed E-state index contributed by atoms with van der Waals surface area (Å²) in [7, 11) is 1.66. The van der Waals surface area contributed by atoms with Crippen LogP contribution in [0.5, 0.6) is 0 Å². The van der Waals surface area contributed by atoms with E-state index in [1.54, 1.807) is 7.11 Å². The zero-order valence-electron chi connectivity index (χ0n) is 14.3. The van der Waals surface area contributed by atoms with Crippen LogP contribution in [0.15, 0.2) is 0 Å². The number of nitrogens with zero attached hydrogens (tertiary/aromatic N) is 3. The zero-order valence-corrected chi connectivity index (χ0v) is 14.3. The summed E-state index contributed by atoms with van der Waals surface area (Å²) in [6.07, 6.45) is 4.31. The van der Waals surface area contributed by atoms with Gasteiger partial charge < -0.3 is 19.9 Å². The molecule has 0 aromatic heterocycles. The van der Waals surface area contributed by atoms with Gasteiger partial charge in [0.1, 0.15) is 0 Å². The van der Waals surface area contributed by atoms with E-state index < -0.39 is 0 Å². The molecule has 2 heterocycles. The fourth-order valence-electron chi connectivity index (χ4n) is 3.09. The Morgan fingerprint density at radius 1 is 0.957 bits per heavy atom. The fraction of sp³-hybridized carbons (Fsp3) is 0.875. The summed E-state index contributed by atoms with van der Waals surface area (Å²) < 4.78 is 4.95. The molecule has 0 spiro atoms. The van der Waals surface area contributed by atoms with Crippen LogP contribution < -0.4 is 5.32 Å². The van der Waals surface area contributed by atoms with Crippen LogP contribution in [-0.2, 0) is 9.53 Å². The molecule has 7 heteroatoms. The maximum atomic E-state index is 12.4. The van der Waals surface area contributed by atoms with Gasteiger partial charge in [-0.3, -0.25) is 9.69 Å². The molecule has 0 aliphatic carbocycles. The number of piperidine rings is 1. The number of hydrogen-bond donors (Lipinski definition) is 1. The van der Waals surface area contributed by atoms with Crippen molar-refractivity contribution < 1.29 is 14.3 Å². The third-order valence-electron chi connectivity index (χ3n) is 4.48. The minimum absolute atomic E-state index is 0.0527. The predicted molar refractivity (Wildman–Crippen MR) is 88.3 cm³/mol. The lowest BCUT2D eigenvalue weighted by molar-refractivity contribution is -0.122. The summed E-state index contributed by atoms with van der Waals surface area (Å²) in [5.41, 5.74) is 0. The SMILES string of the molecule is COCCCNC(=O)CN1CCN(C(=O)N2CCCCC2)CC1. The summed E-state index contributed by atoms with van der Waals surface area (Å²) >= 11 is 0. The number of piperazine rings is 1. The van der Waals surface area contributed by atoms with Gasteiger partial charge in [0.05, 0.1) is 6.54 Å². The lowest BCUT2D eigenvalue weighted by Crippen LogP contribution is -2.54. The van der Waals surface area contributed by atoms with Crippen LogP contribution in [0, 0.1) is 0 Å². The lowest BCUT2D eigenvalue weighted by atomic mass is 10.1. The first-order chi connectivity index (χ1) is 11.2. The Morgan fingerprint density at radius 2 is 1.61 bits per heavy atom. The van der Waals surface area contributed by atoms with E-state index in [2.05, 4.69) is 10.2 Å². The number of carbonyl (C=O) groups is 2. The fourth-order valence-corrected chi connectivity index (χ4v) is 3.09. The maximum absolute atomic E-state index is 12.4. The van der Waals surface area contributed by atoms with E-state index in [0.717, 1.165) is 45.4 Å². The van der Waals surface area contributed by atoms with Gasteiger partial charge in [0.2, 0.25) is 5.91 Å². The van der Waals surface area contributed by atoms with Gasteiger partial charge in [-0.2, -0.15) is 0 Å². The molecule has 7 nitrogen and oxygen atoms in total. The Bertz CT molecular complexity index is 378. The molecule has 3 amide bonds. The third-order valence-corrected chi connectivity index (χ3v) is 4.48. The van der Waals surface area contributed by atoms with Gasteiger partial charge in [-0.25, -0.2) is 4.79 Å². The Morgan fingerprint density at radius 3 is 2.26 bits per heavy atom. The van der Waals surface area contributed by atoms with Crippen LogP contribution in [0.4, 0.5) is 4.79 Å². The van der Waals surface area contributed by atoms with Crippen molar-refractivity contribution in [3.05, 3.63) is 0 Å². The average molecular weight is 326 g/mol. The van der Waals surface area contributed by atoms with Crippen molar-refractivity contribution in [3.63, 3.8) is 0 Å². The molecule has 0 aromatic carbocycles. The van der Waals surface area contributed by atoms with Gasteiger partial charge in [-0.05, 0) is 25.7 Å². The first-order valence-electron chi connectivity index (χ1n) is 8.72. The second-order valence-electron chi connectivity index (χ2n) is 6.29. The van der Waals surface area contributed by atoms with Crippen molar-refractivity contribution in [2.45, 2.75) is 25.7 Å². The third kappa shape index (κ3) is 5.99. The number of urea groups is 1. The van der Waals surface area contributed by atoms with Crippen LogP contribution >= 0.6 is 0 Å². The molecule has 2 saturated heterocycles. The summed E-state index contributed by atoms with van der Waals surface area (Å²) in [6.45, 7) is 6.48. The van der Waals surface area contributed by atoms with Crippen molar-refractivity contribution >= 4 is 11.9 Å². The highest BCUT2D eigenvalue weighted by molar-refractivity contribution is 5.78. The van der Waals surface area contributed by atoms with Crippen molar-refractivity contribution in [1.29, 1.82) is 0 Å². The number of nitrogens with one attached hydrogen (secondary N) is 1. The highest BCUT2D eigenvalue weighted by Gasteiger charge is 2.26. The van der Waals surface area contributed by atoms with Crippen LogP contribution in [0.3, 0.4) is 0 Å². The molecule has 0 radical (unpaired) electrons. The number of amides is 3. The molecule has 0 unspecified atom stereocenters. The summed E-state index contributed by atoms with van der Waals surface area (Å²) in [6, 6.07) is 0.174. The summed E-state index contributed by atoms with van der Waals surface area (Å²) in [5.74, 6) is 0.0527. The van der Waals surface area contributed by atoms with Gasteiger partial charge in [0, 0.05) is 59.5 Å². The molecule has 2 aliphatic rings. The number of carbonyl (C=O) groups excluding carboxylic acids is 2. The normalized spacial score (nSPS) is 19.7. The van der Waals surface area contributed by atoms with Crippen LogP contribution in [-0.4, -0.2) is 92.7 Å². The largest absolute Gasteiger partial charge is 0.385 e. The Labute approximate surface area is 138 Å². The number of ether oxygens (including phenoxy) is 1. The molecule has 2 rings (SSSR count). The lowest BCUT2D eigenvalue weighted by Gasteiger charge is -2.38. The number of rotatable bonds is 6. The molecular formula is C16H30N4O3. The number of hydrogen-bond acceptors (Lipinski definition) is 4. The maximum Gasteiger partial charge on any atom is 0.320 e. The van der Waals surface area contributed by atoms with E-state index in [0.29, 0.717) is 32.8 Å². The first-order valence-corrected chi connectivity index (χ1v) is 8.72. The van der Waals surface area contributed by atoms with E-state index in [1.165, 1.54) is 6.42 Å². The Balaban J connectivity index is 1.63. The average Bonchev–Trinajstić information content (AvgIpc) is 2.59. The van der Waals surface area contributed by atoms with Crippen LogP contribution in [0.25, 0.3) is 0 Å². The van der Waals surface area contributed by atoms with Gasteiger partial charge in [0.15, 0.2) is 0 Å². The van der Waals surface area contributed by atoms with Crippen LogP contribution in [0.2, 0.25) is 0 Å². The standard InChI is InChI=1S/C16H30N4O3/c1-23-13-5-6-17-15(21)14-18-9-11-20(12-10-18)16(22)19-7-3-2-4-8-19/h2-14H2,1H3,(H,17,21). The van der Waals surface area contributed by atoms with Crippen molar-refractivity contribution in [2.75, 3.05) is 66.1 Å². The highest BCUT2D eigenvalue weighted by atomic mass is 16.5. The van der Waals surface area contributed by atoms with Gasteiger partial charge in [0.25, 0.3) is 0 Å².